The van der Waals surface area contributed by atoms with Gasteiger partial charge in [0.25, 0.3) is 5.91 Å². The van der Waals surface area contributed by atoms with Crippen LogP contribution in [0, 0.1) is 6.92 Å². The van der Waals surface area contributed by atoms with E-state index in [-0.39, 0.29) is 5.78 Å². The fourth-order valence-electron chi connectivity index (χ4n) is 4.13. The summed E-state index contributed by atoms with van der Waals surface area (Å²) in [5, 5.41) is 0.938. The number of allylic oxidation sites excluding steroid dienone is 1. The number of carbonyl (C=O) groups excluding carboxylic acids is 2. The number of ether oxygens (including phenoxy) is 1. The van der Waals surface area contributed by atoms with E-state index in [0.29, 0.717) is 12.0 Å². The Morgan fingerprint density at radius 2 is 1.94 bits per heavy atom. The van der Waals surface area contributed by atoms with E-state index in [1.165, 1.54) is 0 Å². The van der Waals surface area contributed by atoms with Crippen molar-refractivity contribution in [3.63, 3.8) is 0 Å². The van der Waals surface area contributed by atoms with Gasteiger partial charge >= 0.3 is 0 Å². The van der Waals surface area contributed by atoms with Gasteiger partial charge in [-0.3, -0.25) is 14.5 Å². The first-order valence-corrected chi connectivity index (χ1v) is 10.5. The van der Waals surface area contributed by atoms with Gasteiger partial charge in [-0.25, -0.2) is 0 Å². The highest BCUT2D eigenvalue weighted by molar-refractivity contribution is 6.09. The van der Waals surface area contributed by atoms with Crippen LogP contribution in [-0.2, 0) is 16.0 Å². The van der Waals surface area contributed by atoms with Crippen LogP contribution in [0.15, 0.2) is 54.7 Å². The zero-order chi connectivity index (χ0) is 21.8. The zero-order valence-corrected chi connectivity index (χ0v) is 17.7. The number of morpholine rings is 1. The largest absolute Gasteiger partial charge is 0.379 e. The molecule has 0 aliphatic carbocycles. The normalized spacial score (nSPS) is 15.0. The Morgan fingerprint density at radius 3 is 2.71 bits per heavy atom. The highest BCUT2D eigenvalue weighted by atomic mass is 16.5. The Labute approximate surface area is 181 Å². The molecule has 0 radical (unpaired) electrons. The molecule has 6 nitrogen and oxygen atoms in total. The van der Waals surface area contributed by atoms with Gasteiger partial charge in [-0.05, 0) is 47.4 Å². The number of carbonyl (C=O) groups is 2. The van der Waals surface area contributed by atoms with Crippen molar-refractivity contribution in [1.29, 1.82) is 0 Å². The molecule has 0 spiro atoms. The number of rotatable bonds is 7. The molecular weight excluding hydrogens is 390 g/mol. The molecule has 1 saturated heterocycles. The molecule has 4 rings (SSSR count). The lowest BCUT2D eigenvalue weighted by Gasteiger charge is -2.25. The number of benzene rings is 2. The second-order valence-electron chi connectivity index (χ2n) is 7.84. The van der Waals surface area contributed by atoms with Crippen molar-refractivity contribution in [2.45, 2.75) is 13.3 Å². The predicted octanol–water partition coefficient (Wildman–Crippen LogP) is 3.24. The maximum Gasteiger partial charge on any atom is 0.250 e. The molecule has 2 heterocycles. The topological polar surface area (TPSA) is 88.4 Å². The molecular formula is C25H27N3O3. The first-order chi connectivity index (χ1) is 15.0. The third-order valence-corrected chi connectivity index (χ3v) is 5.86. The monoisotopic (exact) mass is 417 g/mol. The molecule has 0 atom stereocenters. The summed E-state index contributed by atoms with van der Waals surface area (Å²) in [5.74, 6) is -0.372. The molecule has 0 unspecified atom stereocenters. The highest BCUT2D eigenvalue weighted by Crippen LogP contribution is 2.33. The van der Waals surface area contributed by atoms with E-state index in [1.807, 2.05) is 49.5 Å². The summed E-state index contributed by atoms with van der Waals surface area (Å²) in [4.78, 5) is 29.7. The second kappa shape index (κ2) is 9.29. The maximum absolute atomic E-state index is 12.6. The summed E-state index contributed by atoms with van der Waals surface area (Å²) in [6.45, 7) is 6.12. The molecule has 3 N–H and O–H groups in total. The number of nitrogens with one attached hydrogen (secondary N) is 1. The van der Waals surface area contributed by atoms with Crippen LogP contribution >= 0.6 is 0 Å². The number of aromatic amines is 1. The molecule has 1 aromatic heterocycles. The van der Waals surface area contributed by atoms with Crippen LogP contribution < -0.4 is 5.73 Å². The maximum atomic E-state index is 12.6. The first-order valence-electron chi connectivity index (χ1n) is 10.5. The summed E-state index contributed by atoms with van der Waals surface area (Å²) >= 11 is 0. The number of hydrogen-bond donors (Lipinski definition) is 2. The van der Waals surface area contributed by atoms with Crippen LogP contribution in [0.5, 0.6) is 0 Å². The predicted molar refractivity (Wildman–Crippen MR) is 122 cm³/mol. The Balaban J connectivity index is 1.54. The van der Waals surface area contributed by atoms with Gasteiger partial charge in [0.1, 0.15) is 0 Å². The van der Waals surface area contributed by atoms with Gasteiger partial charge in [-0.2, -0.15) is 0 Å². The van der Waals surface area contributed by atoms with Crippen molar-refractivity contribution >= 4 is 22.6 Å². The van der Waals surface area contributed by atoms with Gasteiger partial charge in [-0.1, -0.05) is 30.3 Å². The van der Waals surface area contributed by atoms with E-state index in [4.69, 9.17) is 10.5 Å². The fourth-order valence-corrected chi connectivity index (χ4v) is 4.13. The number of aromatic nitrogens is 1. The molecule has 0 saturated carbocycles. The van der Waals surface area contributed by atoms with Gasteiger partial charge in [0.2, 0.25) is 0 Å². The third-order valence-electron chi connectivity index (χ3n) is 5.86. The van der Waals surface area contributed by atoms with Crippen molar-refractivity contribution in [2.24, 2.45) is 5.73 Å². The summed E-state index contributed by atoms with van der Waals surface area (Å²) in [7, 11) is 0. The molecule has 31 heavy (non-hydrogen) atoms. The van der Waals surface area contributed by atoms with Gasteiger partial charge in [0.05, 0.1) is 24.3 Å². The summed E-state index contributed by atoms with van der Waals surface area (Å²) in [5.41, 5.74) is 10.8. The summed E-state index contributed by atoms with van der Waals surface area (Å²) in [6.07, 6.45) is 5.80. The van der Waals surface area contributed by atoms with E-state index < -0.39 is 5.91 Å². The van der Waals surface area contributed by atoms with Crippen molar-refractivity contribution in [2.75, 3.05) is 32.8 Å². The van der Waals surface area contributed by atoms with Crippen molar-refractivity contribution in [3.05, 3.63) is 71.4 Å². The van der Waals surface area contributed by atoms with Crippen molar-refractivity contribution in [3.8, 4) is 11.1 Å². The minimum absolute atomic E-state index is 0.0874. The van der Waals surface area contributed by atoms with E-state index >= 15 is 0 Å². The van der Waals surface area contributed by atoms with E-state index in [0.717, 1.165) is 66.0 Å². The fraction of sp³-hybridized carbons (Fsp3) is 0.280. The van der Waals surface area contributed by atoms with Gasteiger partial charge < -0.3 is 15.5 Å². The van der Waals surface area contributed by atoms with Crippen LogP contribution in [0.25, 0.3) is 22.0 Å². The summed E-state index contributed by atoms with van der Waals surface area (Å²) in [6, 6.07) is 11.6. The number of nitrogens with zero attached hydrogens (tertiary/aromatic N) is 1. The Bertz CT molecular complexity index is 1140. The van der Waals surface area contributed by atoms with Crippen LogP contribution in [0.2, 0.25) is 0 Å². The third kappa shape index (κ3) is 4.60. The molecule has 160 valence electrons. The lowest BCUT2D eigenvalue weighted by molar-refractivity contribution is -0.114. The minimum atomic E-state index is -0.459. The second-order valence-corrected chi connectivity index (χ2v) is 7.84. The van der Waals surface area contributed by atoms with E-state index in [1.54, 1.807) is 12.1 Å². The molecule has 0 bridgehead atoms. The Hall–Kier alpha value is -3.22. The first kappa shape index (κ1) is 21.0. The number of fused-ring (bicyclic) bond motifs is 1. The number of nitrogens with two attached hydrogens (primary N) is 1. The van der Waals surface area contributed by atoms with Crippen LogP contribution in [0.3, 0.4) is 0 Å². The lowest BCUT2D eigenvalue weighted by atomic mass is 9.91. The molecule has 1 amide bonds. The molecule has 1 aliphatic rings. The van der Waals surface area contributed by atoms with Gasteiger partial charge in [0.15, 0.2) is 5.78 Å². The van der Waals surface area contributed by atoms with Crippen molar-refractivity contribution in [1.82, 2.24) is 9.88 Å². The van der Waals surface area contributed by atoms with E-state index in [9.17, 15) is 9.59 Å². The number of hydrogen-bond acceptors (Lipinski definition) is 4. The number of amides is 1. The van der Waals surface area contributed by atoms with E-state index in [2.05, 4.69) is 9.88 Å². The number of primary amides is 1. The Morgan fingerprint density at radius 1 is 1.13 bits per heavy atom. The average molecular weight is 418 g/mol. The quantitative estimate of drug-likeness (QED) is 0.578. The molecule has 6 heteroatoms. The average Bonchev–Trinajstić information content (AvgIpc) is 3.25. The van der Waals surface area contributed by atoms with Crippen LogP contribution in [0.1, 0.15) is 21.5 Å². The van der Waals surface area contributed by atoms with Crippen LogP contribution in [-0.4, -0.2) is 54.4 Å². The van der Waals surface area contributed by atoms with Gasteiger partial charge in [-0.15, -0.1) is 0 Å². The molecule has 2 aromatic carbocycles. The Kier molecular flexibility index (Phi) is 6.30. The SMILES string of the molecule is Cc1c(CC(=O)/C=C/CN2CCOCC2)cccc1-c1ccc(C(N)=O)c2[nH]ccc12. The molecule has 1 aliphatic heterocycles. The smallest absolute Gasteiger partial charge is 0.250 e. The highest BCUT2D eigenvalue weighted by Gasteiger charge is 2.15. The van der Waals surface area contributed by atoms with Gasteiger partial charge in [0, 0.05) is 37.6 Å². The minimum Gasteiger partial charge on any atom is -0.379 e. The lowest BCUT2D eigenvalue weighted by Crippen LogP contribution is -2.36. The molecule has 3 aromatic rings. The zero-order valence-electron chi connectivity index (χ0n) is 17.7. The summed E-state index contributed by atoms with van der Waals surface area (Å²) < 4.78 is 5.35. The number of H-pyrrole nitrogens is 1. The van der Waals surface area contributed by atoms with Crippen molar-refractivity contribution < 1.29 is 14.3 Å². The molecule has 1 fully saturated rings. The van der Waals surface area contributed by atoms with Crippen LogP contribution in [0.4, 0.5) is 0 Å². The standard InChI is InChI=1S/C25H27N3O3/c1-17-18(16-19(29)5-3-11-28-12-14-31-15-13-28)4-2-6-20(17)21-7-8-23(25(26)30)24-22(21)9-10-27-24/h2-10,27H,11-16H2,1H3,(H2,26,30)/b5-3+. The number of ketones is 1.